The predicted octanol–water partition coefficient (Wildman–Crippen LogP) is 3.61. The molecule has 4 nitrogen and oxygen atoms in total. The van der Waals surface area contributed by atoms with Crippen LogP contribution in [0, 0.1) is 34.5 Å². The Morgan fingerprint density at radius 1 is 1.16 bits per heavy atom. The SMILES string of the molecule is [2H]O[C@@H]1c2c(cnn2[2H])C[C@]2(C)[C@H]3CC[C@@]4(C)[C@@H](CC[C@]4(C)O[2H])[C@@H]3CC[C@@H]12. The Morgan fingerprint density at radius 2 is 2.00 bits per heavy atom. The molecule has 0 amide bonds. The molecule has 0 spiro atoms. The van der Waals surface area contributed by atoms with Crippen LogP contribution in [-0.2, 0) is 6.42 Å². The molecule has 5 rings (SSSR count). The van der Waals surface area contributed by atoms with E-state index in [0.717, 1.165) is 56.2 Å². The molecule has 8 atom stereocenters. The number of rotatable bonds is 2. The zero-order valence-electron chi connectivity index (χ0n) is 18.6. The third kappa shape index (κ3) is 1.88. The molecule has 1 aromatic heterocycles. The molecule has 3 saturated carbocycles. The normalized spacial score (nSPS) is 56.0. The van der Waals surface area contributed by atoms with Gasteiger partial charge in [-0.2, -0.15) is 5.10 Å². The third-order valence-electron chi connectivity index (χ3n) is 9.39. The van der Waals surface area contributed by atoms with Gasteiger partial charge in [0.05, 0.1) is 23.6 Å². The van der Waals surface area contributed by atoms with Gasteiger partial charge >= 0.3 is 0 Å². The first-order chi connectivity index (χ1) is 13.3. The van der Waals surface area contributed by atoms with Crippen molar-refractivity contribution in [3.63, 3.8) is 0 Å². The second-order valence-corrected chi connectivity index (χ2v) is 10.1. The molecule has 0 bridgehead atoms. The van der Waals surface area contributed by atoms with Gasteiger partial charge in [0.1, 0.15) is 0 Å². The maximum atomic E-state index is 8.11. The Bertz CT molecular complexity index is 788. The van der Waals surface area contributed by atoms with Crippen molar-refractivity contribution in [2.24, 2.45) is 34.5 Å². The van der Waals surface area contributed by atoms with Gasteiger partial charge in [-0.3, -0.25) is 5.09 Å². The van der Waals surface area contributed by atoms with E-state index in [0.29, 0.717) is 17.8 Å². The predicted molar refractivity (Wildman–Crippen MR) is 95.8 cm³/mol. The van der Waals surface area contributed by atoms with Gasteiger partial charge in [0.2, 0.25) is 2.86 Å². The van der Waals surface area contributed by atoms with Gasteiger partial charge in [0, 0.05) is 0 Å². The number of nitrogens with one attached hydrogen (secondary N) is 1. The molecule has 0 radical (unpaired) electrons. The summed E-state index contributed by atoms with van der Waals surface area (Å²) in [6.07, 6.45) is 8.98. The molecule has 0 saturated heterocycles. The van der Waals surface area contributed by atoms with Crippen molar-refractivity contribution in [1.29, 1.82) is 2.86 Å². The average Bonchev–Trinajstić information content (AvgIpc) is 3.17. The van der Waals surface area contributed by atoms with Crippen LogP contribution in [0.5, 0.6) is 0 Å². The smallest absolute Gasteiger partial charge is 0.211 e. The Labute approximate surface area is 154 Å². The van der Waals surface area contributed by atoms with Gasteiger partial charge in [-0.15, -0.1) is 0 Å². The largest absolute Gasteiger partial charge is 0.390 e. The molecule has 0 aliphatic heterocycles. The second-order valence-electron chi connectivity index (χ2n) is 10.1. The minimum Gasteiger partial charge on any atom is -0.390 e. The summed E-state index contributed by atoms with van der Waals surface area (Å²) in [4.78, 5) is 0. The van der Waals surface area contributed by atoms with E-state index < -0.39 is 0 Å². The summed E-state index contributed by atoms with van der Waals surface area (Å²) in [5.41, 5.74) is 1.70. The highest BCUT2D eigenvalue weighted by atomic mass is 16.3. The van der Waals surface area contributed by atoms with E-state index in [1.54, 1.807) is 0 Å². The Hall–Kier alpha value is -0.870. The molecule has 138 valence electrons. The average molecular weight is 348 g/mol. The highest BCUT2D eigenvalue weighted by molar-refractivity contribution is 5.28. The van der Waals surface area contributed by atoms with Crippen LogP contribution < -0.4 is 0 Å². The lowest BCUT2D eigenvalue weighted by Crippen LogP contribution is -2.57. The zero-order valence-corrected chi connectivity index (χ0v) is 15.6. The summed E-state index contributed by atoms with van der Waals surface area (Å²) in [5, 5.41) is 15.9. The topological polar surface area (TPSA) is 69.1 Å². The molecule has 25 heavy (non-hydrogen) atoms. The van der Waals surface area contributed by atoms with Gasteiger partial charge in [-0.1, -0.05) is 13.8 Å². The fraction of sp³-hybridized carbons (Fsp3) is 0.857. The number of nitrogens with zero attached hydrogens (tertiary/aromatic N) is 1. The lowest BCUT2D eigenvalue weighted by Gasteiger charge is -2.61. The van der Waals surface area contributed by atoms with Crippen molar-refractivity contribution >= 4 is 0 Å². The van der Waals surface area contributed by atoms with Crippen molar-refractivity contribution in [2.75, 3.05) is 0 Å². The van der Waals surface area contributed by atoms with Crippen molar-refractivity contribution in [1.82, 2.24) is 10.2 Å². The maximum Gasteiger partial charge on any atom is 0.211 e. The number of H-pyrrole nitrogens is 1. The molecule has 3 N–H and O–H groups in total. The molecule has 3 fully saturated rings. The Balaban J connectivity index is 1.52. The van der Waals surface area contributed by atoms with Crippen LogP contribution in [-0.4, -0.2) is 28.9 Å². The summed E-state index contributed by atoms with van der Waals surface area (Å²) in [5.74, 6) is 2.12. The summed E-state index contributed by atoms with van der Waals surface area (Å²) >= 11 is 0. The van der Waals surface area contributed by atoms with E-state index in [2.05, 4.69) is 25.9 Å². The van der Waals surface area contributed by atoms with Crippen molar-refractivity contribution < 1.29 is 11.6 Å². The molecule has 0 aromatic carbocycles. The minimum absolute atomic E-state index is 0.0762. The van der Waals surface area contributed by atoms with E-state index in [1.807, 2.05) is 6.20 Å². The van der Waals surface area contributed by atoms with Gasteiger partial charge in [0.25, 0.3) is 0 Å². The van der Waals surface area contributed by atoms with Crippen LogP contribution in [0.25, 0.3) is 0 Å². The van der Waals surface area contributed by atoms with Gasteiger partial charge in [-0.25, -0.2) is 0 Å². The summed E-state index contributed by atoms with van der Waals surface area (Å²) in [6.45, 7) is 6.92. The Kier molecular flexibility index (Phi) is 2.61. The van der Waals surface area contributed by atoms with Crippen LogP contribution in [0.4, 0.5) is 0 Å². The molecule has 1 aromatic rings. The number of aromatic amines is 1. The first-order valence-electron chi connectivity index (χ1n) is 11.4. The minimum atomic E-state index is -0.353. The molecule has 4 aliphatic carbocycles. The van der Waals surface area contributed by atoms with Crippen molar-refractivity contribution in [3.8, 4) is 0 Å². The summed E-state index contributed by atoms with van der Waals surface area (Å²) < 4.78 is 23.6. The molecular formula is C21H32N2O2. The first-order valence-corrected chi connectivity index (χ1v) is 10.1. The number of fused-ring (bicyclic) bond motifs is 6. The quantitative estimate of drug-likeness (QED) is 0.765. The van der Waals surface area contributed by atoms with Gasteiger partial charge < -0.3 is 10.2 Å². The second kappa shape index (κ2) is 4.89. The highest BCUT2D eigenvalue weighted by Crippen LogP contribution is 2.68. The van der Waals surface area contributed by atoms with E-state index in [9.17, 15) is 0 Å². The van der Waals surface area contributed by atoms with E-state index in [1.165, 1.54) is 5.09 Å². The lowest BCUT2D eigenvalue weighted by atomic mass is 9.44. The lowest BCUT2D eigenvalue weighted by molar-refractivity contribution is -0.156. The first kappa shape index (κ1) is 13.3. The third-order valence-corrected chi connectivity index (χ3v) is 9.39. The number of aliphatic hydroxyl groups is 2. The fourth-order valence-corrected chi connectivity index (χ4v) is 7.74. The van der Waals surface area contributed by atoms with E-state index in [4.69, 9.17) is 14.5 Å². The monoisotopic (exact) mass is 347 g/mol. The zero-order chi connectivity index (χ0) is 19.9. The van der Waals surface area contributed by atoms with Gasteiger partial charge in [0.15, 0.2) is 1.41 Å². The van der Waals surface area contributed by atoms with Crippen LogP contribution in [0.3, 0.4) is 0 Å². The molecule has 4 heteroatoms. The van der Waals surface area contributed by atoms with Crippen LogP contribution in [0.2, 0.25) is 1.41 Å². The number of hydrogen-bond donors (Lipinski definition) is 3. The molecule has 1 heterocycles. The number of aliphatic hydroxyl groups excluding tert-OH is 1. The van der Waals surface area contributed by atoms with Crippen LogP contribution in [0.1, 0.15) is 76.7 Å². The summed E-state index contributed by atoms with van der Waals surface area (Å²) in [7, 11) is 0. The fourth-order valence-electron chi connectivity index (χ4n) is 7.74. The van der Waals surface area contributed by atoms with Crippen molar-refractivity contribution in [2.45, 2.75) is 77.4 Å². The van der Waals surface area contributed by atoms with Crippen molar-refractivity contribution in [3.05, 3.63) is 17.5 Å². The van der Waals surface area contributed by atoms with Gasteiger partial charge in [-0.05, 0) is 91.9 Å². The van der Waals surface area contributed by atoms with E-state index in [-0.39, 0.29) is 28.5 Å². The Morgan fingerprint density at radius 3 is 2.80 bits per heavy atom. The highest BCUT2D eigenvalue weighted by Gasteiger charge is 2.64. The van der Waals surface area contributed by atoms with E-state index >= 15 is 0 Å². The molecular weight excluding hydrogens is 312 g/mol. The number of hydrogen-bond acceptors (Lipinski definition) is 3. The molecule has 4 aliphatic rings. The maximum absolute atomic E-state index is 8.11. The van der Waals surface area contributed by atoms with Crippen LogP contribution >= 0.6 is 0 Å². The molecule has 0 unspecified atom stereocenters. The van der Waals surface area contributed by atoms with Crippen LogP contribution in [0.15, 0.2) is 6.20 Å². The standard InChI is InChI=1S/C21H32N2O2/c1-19-10-12-11-22-23-17(12)18(24)16(19)5-4-13-14(19)6-8-20(2)15(13)7-9-21(20,3)25/h11,13-16,18,24-25H,4-10H2,1-3H3,(H,22,23)/t13-,14+,15+,16+,18+,19-,20+,21+/m1/s1/i24D,25D/hD. The summed E-state index contributed by atoms with van der Waals surface area (Å²) in [6, 6.07) is 0. The number of aromatic nitrogens is 2.